The van der Waals surface area contributed by atoms with Crippen molar-refractivity contribution < 1.29 is 35.9 Å². The number of para-hydroxylation sites is 2. The molecule has 2 saturated heterocycles. The maximum absolute atomic E-state index is 14.6. The molecule has 74 heavy (non-hydrogen) atoms. The van der Waals surface area contributed by atoms with Gasteiger partial charge in [-0.05, 0) is 139 Å². The SMILES string of the molecule is CCCNc1ccc(NS(=O)(=O)c2ccc(C)c(C(=O)N3CCN(c4ccc(Cc5ccc(S(=O)(=O)Nc6ccc(CC(C)C)cc6)cc5C(=O)N5CCN(c6ccccc6OC)CC5)cc4OC)CC3)c2)cc1. The monoisotopic (exact) mass is 1040 g/mol. The van der Waals surface area contributed by atoms with E-state index in [9.17, 15) is 26.4 Å². The molecule has 6 aromatic rings. The molecule has 0 radical (unpaired) electrons. The molecule has 390 valence electrons. The van der Waals surface area contributed by atoms with E-state index in [0.717, 1.165) is 53.3 Å². The van der Waals surface area contributed by atoms with Gasteiger partial charge in [0.25, 0.3) is 31.9 Å². The number of carbonyl (C=O) groups excluding carboxylic acids is 2. The van der Waals surface area contributed by atoms with Gasteiger partial charge in [-0.1, -0.05) is 63.2 Å². The summed E-state index contributed by atoms with van der Waals surface area (Å²) in [5, 5.41) is 3.28. The van der Waals surface area contributed by atoms with Gasteiger partial charge in [-0.15, -0.1) is 0 Å². The predicted molar refractivity (Wildman–Crippen MR) is 294 cm³/mol. The highest BCUT2D eigenvalue weighted by molar-refractivity contribution is 7.93. The van der Waals surface area contributed by atoms with E-state index in [0.29, 0.717) is 104 Å². The van der Waals surface area contributed by atoms with Crippen LogP contribution in [0.1, 0.15) is 70.2 Å². The minimum Gasteiger partial charge on any atom is -0.495 e. The lowest BCUT2D eigenvalue weighted by atomic mass is 9.98. The zero-order valence-electron chi connectivity index (χ0n) is 43.1. The van der Waals surface area contributed by atoms with Gasteiger partial charge in [0.1, 0.15) is 11.5 Å². The lowest BCUT2D eigenvalue weighted by Crippen LogP contribution is -2.49. The number of methoxy groups -OCH3 is 2. The molecule has 2 amide bonds. The Morgan fingerprint density at radius 2 is 1.07 bits per heavy atom. The average Bonchev–Trinajstić information content (AvgIpc) is 3.41. The quantitative estimate of drug-likeness (QED) is 0.0707. The van der Waals surface area contributed by atoms with Gasteiger partial charge in [0.05, 0.1) is 35.4 Å². The third kappa shape index (κ3) is 12.6. The molecule has 0 atom stereocenters. The van der Waals surface area contributed by atoms with E-state index in [2.05, 4.69) is 45.3 Å². The zero-order valence-corrected chi connectivity index (χ0v) is 44.7. The zero-order chi connectivity index (χ0) is 52.6. The predicted octanol–water partition coefficient (Wildman–Crippen LogP) is 9.15. The topological polar surface area (TPSA) is 170 Å². The summed E-state index contributed by atoms with van der Waals surface area (Å²) >= 11 is 0. The summed E-state index contributed by atoms with van der Waals surface area (Å²) in [6, 6.07) is 37.5. The second kappa shape index (κ2) is 23.3. The van der Waals surface area contributed by atoms with Crippen molar-refractivity contribution in [3.05, 3.63) is 161 Å². The first-order chi connectivity index (χ1) is 35.5. The van der Waals surface area contributed by atoms with E-state index in [1.54, 1.807) is 73.4 Å². The maximum Gasteiger partial charge on any atom is 0.261 e. The Morgan fingerprint density at radius 1 is 0.568 bits per heavy atom. The normalized spacial score (nSPS) is 14.2. The number of nitrogens with one attached hydrogen (secondary N) is 3. The van der Waals surface area contributed by atoms with E-state index in [1.807, 2.05) is 66.7 Å². The number of ether oxygens (including phenoxy) is 2. The number of hydrogen-bond donors (Lipinski definition) is 3. The molecule has 6 aromatic carbocycles. The van der Waals surface area contributed by atoms with E-state index in [-0.39, 0.29) is 21.6 Å². The Bertz CT molecular complexity index is 3170. The Kier molecular flexibility index (Phi) is 16.7. The van der Waals surface area contributed by atoms with Crippen molar-refractivity contribution in [3.63, 3.8) is 0 Å². The van der Waals surface area contributed by atoms with Crippen LogP contribution in [0.25, 0.3) is 0 Å². The van der Waals surface area contributed by atoms with Crippen LogP contribution in [0.5, 0.6) is 11.5 Å². The largest absolute Gasteiger partial charge is 0.495 e. The van der Waals surface area contributed by atoms with Gasteiger partial charge in [-0.25, -0.2) is 16.8 Å². The fourth-order valence-corrected chi connectivity index (χ4v) is 11.6. The van der Waals surface area contributed by atoms with E-state index >= 15 is 0 Å². The van der Waals surface area contributed by atoms with Crippen LogP contribution in [0.3, 0.4) is 0 Å². The second-order valence-corrected chi connectivity index (χ2v) is 22.6. The maximum atomic E-state index is 14.6. The number of rotatable bonds is 19. The number of aryl methyl sites for hydroxylation is 1. The van der Waals surface area contributed by atoms with Crippen LogP contribution in [0.4, 0.5) is 28.4 Å². The number of benzene rings is 6. The number of sulfonamides is 2. The van der Waals surface area contributed by atoms with Gasteiger partial charge in [0.15, 0.2) is 0 Å². The molecule has 0 bridgehead atoms. The van der Waals surface area contributed by atoms with Crippen molar-refractivity contribution in [1.82, 2.24) is 9.80 Å². The molecule has 0 unspecified atom stereocenters. The Morgan fingerprint density at radius 3 is 1.64 bits per heavy atom. The molecule has 2 aliphatic rings. The van der Waals surface area contributed by atoms with Crippen LogP contribution >= 0.6 is 0 Å². The molecule has 2 fully saturated rings. The minimum absolute atomic E-state index is 0.000761. The van der Waals surface area contributed by atoms with Crippen LogP contribution in [0.15, 0.2) is 137 Å². The Hall–Kier alpha value is -7.24. The van der Waals surface area contributed by atoms with Crippen molar-refractivity contribution in [2.45, 2.75) is 56.7 Å². The first-order valence-corrected chi connectivity index (χ1v) is 28.1. The standard InChI is InChI=1S/C57H67N7O8S2/c1-7-26-58-45-19-21-47(22-20-45)60-73(67,68)48-23-12-41(4)50(38-48)56(65)63-31-29-62(30-32-63)53-25-15-43(37-55(53)72-6)36-44-16-24-49(74(69,70)59-46-17-13-42(14-18-46)35-40(2)3)39-51(44)57(66)64-33-27-61(28-34-64)52-10-8-9-11-54(52)71-5/h8-25,37-40,58-60H,7,26-36H2,1-6H3. The molecule has 2 heterocycles. The van der Waals surface area contributed by atoms with Crippen LogP contribution in [0.2, 0.25) is 0 Å². The van der Waals surface area contributed by atoms with Crippen LogP contribution in [0, 0.1) is 12.8 Å². The van der Waals surface area contributed by atoms with Crippen LogP contribution in [-0.2, 0) is 32.9 Å². The van der Waals surface area contributed by atoms with Gasteiger partial charge in [0.2, 0.25) is 0 Å². The smallest absolute Gasteiger partial charge is 0.261 e. The number of amides is 2. The van der Waals surface area contributed by atoms with E-state index < -0.39 is 20.0 Å². The number of carbonyl (C=O) groups is 2. The number of piperazine rings is 2. The van der Waals surface area contributed by atoms with Crippen molar-refractivity contribution in [2.24, 2.45) is 5.92 Å². The molecule has 0 spiro atoms. The van der Waals surface area contributed by atoms with Gasteiger partial charge in [-0.3, -0.25) is 19.0 Å². The van der Waals surface area contributed by atoms with E-state index in [4.69, 9.17) is 9.47 Å². The molecule has 0 aromatic heterocycles. The van der Waals surface area contributed by atoms with Crippen molar-refractivity contribution >= 4 is 60.3 Å². The van der Waals surface area contributed by atoms with Gasteiger partial charge in [0, 0.05) is 87.1 Å². The van der Waals surface area contributed by atoms with Gasteiger partial charge >= 0.3 is 0 Å². The number of nitrogens with zero attached hydrogens (tertiary/aromatic N) is 4. The number of anilines is 5. The average molecular weight is 1040 g/mol. The van der Waals surface area contributed by atoms with Gasteiger partial charge in [-0.2, -0.15) is 0 Å². The Balaban J connectivity index is 0.972. The summed E-state index contributed by atoms with van der Waals surface area (Å²) < 4.78 is 71.9. The number of hydrogen-bond acceptors (Lipinski definition) is 11. The fourth-order valence-electron chi connectivity index (χ4n) is 9.45. The lowest BCUT2D eigenvalue weighted by Gasteiger charge is -2.37. The van der Waals surface area contributed by atoms with Crippen LogP contribution in [-0.4, -0.2) is 112 Å². The summed E-state index contributed by atoms with van der Waals surface area (Å²) in [5.74, 6) is 1.32. The first kappa shape index (κ1) is 53.1. The molecule has 8 rings (SSSR count). The molecule has 2 aliphatic heterocycles. The minimum atomic E-state index is -4.08. The second-order valence-electron chi connectivity index (χ2n) is 19.2. The molecule has 0 aliphatic carbocycles. The third-order valence-corrected chi connectivity index (χ3v) is 16.2. The molecule has 0 saturated carbocycles. The highest BCUT2D eigenvalue weighted by atomic mass is 32.2. The highest BCUT2D eigenvalue weighted by Crippen LogP contribution is 2.34. The first-order valence-electron chi connectivity index (χ1n) is 25.2. The molecular weight excluding hydrogens is 975 g/mol. The highest BCUT2D eigenvalue weighted by Gasteiger charge is 2.29. The van der Waals surface area contributed by atoms with Crippen molar-refractivity contribution in [1.29, 1.82) is 0 Å². The fraction of sp³-hybridized carbons (Fsp3) is 0.333. The molecule has 15 nitrogen and oxygen atoms in total. The molecule has 3 N–H and O–H groups in total. The molecule has 17 heteroatoms. The molecular formula is C57H67N7O8S2. The van der Waals surface area contributed by atoms with Crippen molar-refractivity contribution in [3.8, 4) is 11.5 Å². The summed E-state index contributed by atoms with van der Waals surface area (Å²) in [7, 11) is -4.82. The summed E-state index contributed by atoms with van der Waals surface area (Å²) in [6.45, 7) is 12.7. The summed E-state index contributed by atoms with van der Waals surface area (Å²) in [5.41, 5.74) is 7.46. The van der Waals surface area contributed by atoms with Gasteiger partial charge < -0.3 is 34.4 Å². The Labute approximate surface area is 436 Å². The van der Waals surface area contributed by atoms with Crippen molar-refractivity contribution in [2.75, 3.05) is 97.7 Å². The lowest BCUT2D eigenvalue weighted by molar-refractivity contribution is 0.0738. The summed E-state index contributed by atoms with van der Waals surface area (Å²) in [4.78, 5) is 36.5. The van der Waals surface area contributed by atoms with E-state index in [1.165, 1.54) is 18.2 Å². The summed E-state index contributed by atoms with van der Waals surface area (Å²) in [6.07, 6.45) is 2.16. The third-order valence-electron chi connectivity index (χ3n) is 13.5. The van der Waals surface area contributed by atoms with Crippen LogP contribution < -0.4 is 34.0 Å².